The number of fused-ring (bicyclic) bond motifs is 1. The van der Waals surface area contributed by atoms with Crippen molar-refractivity contribution in [3.63, 3.8) is 0 Å². The van der Waals surface area contributed by atoms with E-state index in [1.54, 1.807) is 36.4 Å². The van der Waals surface area contributed by atoms with Crippen molar-refractivity contribution in [3.8, 4) is 11.5 Å². The van der Waals surface area contributed by atoms with Crippen molar-refractivity contribution in [1.82, 2.24) is 4.90 Å². The monoisotopic (exact) mass is 480 g/mol. The van der Waals surface area contributed by atoms with Gasteiger partial charge in [-0.05, 0) is 48.0 Å². The number of hydrogen-bond donors (Lipinski definition) is 1. The fraction of sp³-hybridized carbons (Fsp3) is 0.192. The zero-order valence-electron chi connectivity index (χ0n) is 17.8. The van der Waals surface area contributed by atoms with Crippen LogP contribution >= 0.6 is 23.2 Å². The second-order valence-corrected chi connectivity index (χ2v) is 8.97. The summed E-state index contributed by atoms with van der Waals surface area (Å²) < 4.78 is 5.98. The van der Waals surface area contributed by atoms with Crippen molar-refractivity contribution < 1.29 is 14.6 Å². The predicted molar refractivity (Wildman–Crippen MR) is 131 cm³/mol. The summed E-state index contributed by atoms with van der Waals surface area (Å²) in [4.78, 5) is 17.6. The van der Waals surface area contributed by atoms with Gasteiger partial charge >= 0.3 is 0 Å². The third kappa shape index (κ3) is 4.44. The summed E-state index contributed by atoms with van der Waals surface area (Å²) in [6, 6.07) is 18.7. The van der Waals surface area contributed by atoms with Crippen LogP contribution in [0.15, 0.2) is 66.4 Å². The highest BCUT2D eigenvalue weighted by Gasteiger charge is 2.32. The summed E-state index contributed by atoms with van der Waals surface area (Å²) in [6.07, 6.45) is 1.64. The van der Waals surface area contributed by atoms with E-state index in [0.29, 0.717) is 39.0 Å². The third-order valence-corrected chi connectivity index (χ3v) is 6.77. The van der Waals surface area contributed by atoms with Crippen molar-refractivity contribution in [2.24, 2.45) is 0 Å². The number of phenols is 1. The molecule has 2 heterocycles. The molecule has 2 aliphatic rings. The second-order valence-electron chi connectivity index (χ2n) is 8.15. The lowest BCUT2D eigenvalue weighted by Gasteiger charge is -2.36. The molecule has 0 radical (unpaired) electrons. The number of para-hydroxylation sites is 1. The summed E-state index contributed by atoms with van der Waals surface area (Å²) >= 11 is 12.1. The third-order valence-electron chi connectivity index (χ3n) is 6.03. The minimum Gasteiger partial charge on any atom is -0.507 e. The minimum absolute atomic E-state index is 0.128. The van der Waals surface area contributed by atoms with Crippen LogP contribution in [0.5, 0.6) is 11.5 Å². The van der Waals surface area contributed by atoms with Crippen LogP contribution in [-0.4, -0.2) is 42.0 Å². The molecule has 0 unspecified atom stereocenters. The van der Waals surface area contributed by atoms with Crippen LogP contribution in [0.25, 0.3) is 6.08 Å². The number of nitrogens with zero attached hydrogens (tertiary/aromatic N) is 2. The van der Waals surface area contributed by atoms with Crippen molar-refractivity contribution in [2.45, 2.75) is 6.54 Å². The van der Waals surface area contributed by atoms with Gasteiger partial charge in [-0.25, -0.2) is 0 Å². The molecule has 33 heavy (non-hydrogen) atoms. The molecule has 0 bridgehead atoms. The molecule has 5 rings (SSSR count). The lowest BCUT2D eigenvalue weighted by atomic mass is 10.0. The number of allylic oxidation sites excluding steroid dienone is 1. The maximum atomic E-state index is 13.0. The number of carbonyl (C=O) groups excluding carboxylic acids is 1. The van der Waals surface area contributed by atoms with Gasteiger partial charge in [0.1, 0.15) is 11.5 Å². The van der Waals surface area contributed by atoms with E-state index >= 15 is 0 Å². The number of piperazine rings is 1. The lowest BCUT2D eigenvalue weighted by Crippen LogP contribution is -2.46. The van der Waals surface area contributed by atoms with E-state index in [-0.39, 0.29) is 17.3 Å². The van der Waals surface area contributed by atoms with E-state index in [1.807, 2.05) is 18.2 Å². The molecule has 1 N–H and O–H groups in total. The Morgan fingerprint density at radius 2 is 1.70 bits per heavy atom. The van der Waals surface area contributed by atoms with Crippen LogP contribution in [0.3, 0.4) is 0 Å². The first-order valence-corrected chi connectivity index (χ1v) is 11.5. The molecule has 0 amide bonds. The molecule has 0 atom stereocenters. The first-order valence-electron chi connectivity index (χ1n) is 10.8. The molecule has 1 fully saturated rings. The van der Waals surface area contributed by atoms with Gasteiger partial charge in [-0.15, -0.1) is 0 Å². The Bertz CT molecular complexity index is 1240. The summed E-state index contributed by atoms with van der Waals surface area (Å²) in [5.74, 6) is 0.537. The van der Waals surface area contributed by atoms with E-state index in [1.165, 1.54) is 5.69 Å². The van der Waals surface area contributed by atoms with Gasteiger partial charge in [0.15, 0.2) is 5.76 Å². The number of aromatic hydroxyl groups is 1. The van der Waals surface area contributed by atoms with Crippen molar-refractivity contribution in [1.29, 1.82) is 0 Å². The highest BCUT2D eigenvalue weighted by atomic mass is 35.5. The number of rotatable bonds is 4. The van der Waals surface area contributed by atoms with Gasteiger partial charge in [-0.1, -0.05) is 47.5 Å². The van der Waals surface area contributed by atoms with E-state index in [0.717, 1.165) is 26.2 Å². The van der Waals surface area contributed by atoms with E-state index in [2.05, 4.69) is 21.9 Å². The van der Waals surface area contributed by atoms with Crippen molar-refractivity contribution in [3.05, 3.63) is 93.2 Å². The summed E-state index contributed by atoms with van der Waals surface area (Å²) in [6.45, 7) is 3.98. The topological polar surface area (TPSA) is 53.0 Å². The predicted octanol–water partition coefficient (Wildman–Crippen LogP) is 5.64. The Morgan fingerprint density at radius 1 is 0.939 bits per heavy atom. The maximum absolute atomic E-state index is 13.0. The quantitative estimate of drug-likeness (QED) is 0.489. The average Bonchev–Trinajstić information content (AvgIpc) is 3.14. The Balaban J connectivity index is 1.34. The fourth-order valence-electron chi connectivity index (χ4n) is 4.23. The number of ether oxygens (including phenoxy) is 1. The largest absolute Gasteiger partial charge is 0.507 e. The standard InChI is InChI=1S/C26H22Cl2N2O3/c27-21-8-6-17(14-22(21)28)15-24-25(32)19-7-9-23(31)20(26(19)33-24)16-29-10-12-30(13-11-29)18-4-2-1-3-5-18/h1-9,14-15,31H,10-13,16H2/b24-15-. The summed E-state index contributed by atoms with van der Waals surface area (Å²) in [7, 11) is 0. The van der Waals surface area contributed by atoms with Crippen molar-refractivity contribution >= 4 is 40.7 Å². The van der Waals surface area contributed by atoms with Crippen LogP contribution in [0.4, 0.5) is 5.69 Å². The van der Waals surface area contributed by atoms with Gasteiger partial charge in [0.25, 0.3) is 0 Å². The van der Waals surface area contributed by atoms with Gasteiger partial charge in [0.2, 0.25) is 5.78 Å². The smallest absolute Gasteiger partial charge is 0.231 e. The molecular weight excluding hydrogens is 459 g/mol. The van der Waals surface area contributed by atoms with Crippen LogP contribution in [0, 0.1) is 0 Å². The Hall–Kier alpha value is -2.99. The average molecular weight is 481 g/mol. The number of halogens is 2. The molecule has 1 saturated heterocycles. The van der Waals surface area contributed by atoms with Gasteiger partial charge in [0.05, 0.1) is 21.2 Å². The molecule has 7 heteroatoms. The number of anilines is 1. The number of ketones is 1. The van der Waals surface area contributed by atoms with Crippen molar-refractivity contribution in [2.75, 3.05) is 31.1 Å². The SMILES string of the molecule is O=C1/C(=C/c2ccc(Cl)c(Cl)c2)Oc2c1ccc(O)c2CN1CCN(c2ccccc2)CC1. The van der Waals surface area contributed by atoms with Gasteiger partial charge in [-0.2, -0.15) is 0 Å². The Kier molecular flexibility index (Phi) is 6.02. The summed E-state index contributed by atoms with van der Waals surface area (Å²) in [5.41, 5.74) is 3.01. The molecule has 3 aromatic carbocycles. The molecule has 0 aromatic heterocycles. The molecule has 3 aromatic rings. The van der Waals surface area contributed by atoms with E-state index < -0.39 is 0 Å². The van der Waals surface area contributed by atoms with Gasteiger partial charge in [0, 0.05) is 38.4 Å². The highest BCUT2D eigenvalue weighted by molar-refractivity contribution is 6.42. The molecule has 5 nitrogen and oxygen atoms in total. The first-order chi connectivity index (χ1) is 16.0. The first kappa shape index (κ1) is 21.8. The maximum Gasteiger partial charge on any atom is 0.231 e. The van der Waals surface area contributed by atoms with Gasteiger partial charge in [-0.3, -0.25) is 9.69 Å². The van der Waals surface area contributed by atoms with Crippen LogP contribution in [-0.2, 0) is 6.54 Å². The minimum atomic E-state index is -0.216. The van der Waals surface area contributed by atoms with Gasteiger partial charge < -0.3 is 14.7 Å². The number of carbonyl (C=O) groups is 1. The summed E-state index contributed by atoms with van der Waals surface area (Å²) in [5, 5.41) is 11.4. The zero-order chi connectivity index (χ0) is 22.9. The number of Topliss-reactive ketones (excluding diaryl/α,β-unsaturated/α-hetero) is 1. The van der Waals surface area contributed by atoms with E-state index in [4.69, 9.17) is 27.9 Å². The Labute approximate surface area is 202 Å². The number of benzene rings is 3. The van der Waals surface area contributed by atoms with E-state index in [9.17, 15) is 9.90 Å². The molecule has 0 spiro atoms. The Morgan fingerprint density at radius 3 is 2.42 bits per heavy atom. The molecular formula is C26H22Cl2N2O3. The molecule has 0 aliphatic carbocycles. The fourth-order valence-corrected chi connectivity index (χ4v) is 4.54. The number of hydrogen-bond acceptors (Lipinski definition) is 5. The highest BCUT2D eigenvalue weighted by Crippen LogP contribution is 2.40. The molecule has 0 saturated carbocycles. The molecule has 2 aliphatic heterocycles. The lowest BCUT2D eigenvalue weighted by molar-refractivity contribution is 0.101. The van der Waals surface area contributed by atoms with Crippen LogP contribution < -0.4 is 9.64 Å². The zero-order valence-corrected chi connectivity index (χ0v) is 19.3. The van der Waals surface area contributed by atoms with Crippen LogP contribution in [0.2, 0.25) is 10.0 Å². The second kappa shape index (κ2) is 9.10. The number of phenolic OH excluding ortho intramolecular Hbond substituents is 1. The normalized spacial score (nSPS) is 17.3. The molecule has 168 valence electrons. The van der Waals surface area contributed by atoms with Crippen LogP contribution in [0.1, 0.15) is 21.5 Å².